The summed E-state index contributed by atoms with van der Waals surface area (Å²) in [5.41, 5.74) is 1.86. The van der Waals surface area contributed by atoms with Crippen LogP contribution in [0, 0.1) is 0 Å². The van der Waals surface area contributed by atoms with Crippen molar-refractivity contribution in [3.63, 3.8) is 0 Å². The lowest BCUT2D eigenvalue weighted by molar-refractivity contribution is 0.171. The lowest BCUT2D eigenvalue weighted by Gasteiger charge is -2.22. The van der Waals surface area contributed by atoms with Crippen LogP contribution in [0.1, 0.15) is 16.5 Å². The van der Waals surface area contributed by atoms with Crippen molar-refractivity contribution in [2.45, 2.75) is 5.38 Å². The Bertz CT molecular complexity index is 692. The van der Waals surface area contributed by atoms with Crippen LogP contribution < -0.4 is 9.47 Å². The number of halogens is 4. The Hall–Kier alpha value is -0.420. The molecular weight excluding hydrogens is 443 g/mol. The molecule has 0 saturated carbocycles. The minimum atomic E-state index is -0.332. The topological polar surface area (TPSA) is 18.5 Å². The summed E-state index contributed by atoms with van der Waals surface area (Å²) < 4.78 is 12.9. The normalized spacial score (nSPS) is 14.9. The number of ether oxygens (including phenoxy) is 2. The highest BCUT2D eigenvalue weighted by Gasteiger charge is 2.21. The van der Waals surface area contributed by atoms with E-state index in [-0.39, 0.29) is 5.38 Å². The highest BCUT2D eigenvalue weighted by molar-refractivity contribution is 9.10. The zero-order chi connectivity index (χ0) is 15.0. The molecule has 1 aliphatic rings. The summed E-state index contributed by atoms with van der Waals surface area (Å²) in [5.74, 6) is 1.45. The lowest BCUT2D eigenvalue weighted by Crippen LogP contribution is -2.15. The van der Waals surface area contributed by atoms with Gasteiger partial charge >= 0.3 is 0 Å². The van der Waals surface area contributed by atoms with E-state index < -0.39 is 0 Å². The van der Waals surface area contributed by atoms with Crippen LogP contribution in [0.3, 0.4) is 0 Å². The quantitative estimate of drug-likeness (QED) is 0.523. The van der Waals surface area contributed by atoms with Gasteiger partial charge in [-0.1, -0.05) is 49.5 Å². The molecule has 0 bridgehead atoms. The third-order valence-electron chi connectivity index (χ3n) is 3.17. The number of hydrogen-bond donors (Lipinski definition) is 0. The van der Waals surface area contributed by atoms with Crippen LogP contribution in [0.15, 0.2) is 39.3 Å². The molecule has 2 aromatic rings. The summed E-state index contributed by atoms with van der Waals surface area (Å²) in [6, 6.07) is 9.37. The van der Waals surface area contributed by atoms with Gasteiger partial charge in [-0.2, -0.15) is 0 Å². The Kier molecular flexibility index (Phi) is 4.69. The van der Waals surface area contributed by atoms with E-state index in [2.05, 4.69) is 31.9 Å². The number of rotatable bonds is 2. The van der Waals surface area contributed by atoms with E-state index in [1.807, 2.05) is 30.3 Å². The van der Waals surface area contributed by atoms with Crippen molar-refractivity contribution in [3.05, 3.63) is 55.4 Å². The maximum atomic E-state index is 6.64. The molecule has 0 N–H and O–H groups in total. The highest BCUT2D eigenvalue weighted by atomic mass is 79.9. The van der Waals surface area contributed by atoms with Crippen molar-refractivity contribution in [2.75, 3.05) is 13.2 Å². The number of fused-ring (bicyclic) bond motifs is 1. The average molecular weight is 453 g/mol. The molecule has 1 aliphatic heterocycles. The monoisotopic (exact) mass is 450 g/mol. The number of alkyl halides is 1. The molecular formula is C15H10Br2Cl2O2. The standard InChI is InChI=1S/C15H10Br2Cl2O2/c16-11-5-8(18)1-2-9(11)15(19)10-6-13-14(7-12(10)17)21-4-3-20-13/h1-2,5-7,15H,3-4H2. The molecule has 0 aromatic heterocycles. The van der Waals surface area contributed by atoms with Gasteiger partial charge in [-0.15, -0.1) is 11.6 Å². The van der Waals surface area contributed by atoms with E-state index in [0.29, 0.717) is 18.2 Å². The van der Waals surface area contributed by atoms with E-state index in [1.165, 1.54) is 0 Å². The van der Waals surface area contributed by atoms with E-state index in [9.17, 15) is 0 Å². The van der Waals surface area contributed by atoms with Crippen LogP contribution in [-0.2, 0) is 0 Å². The third kappa shape index (κ3) is 3.19. The minimum absolute atomic E-state index is 0.332. The molecule has 2 aromatic carbocycles. The van der Waals surface area contributed by atoms with Gasteiger partial charge in [0.2, 0.25) is 0 Å². The second-order valence-electron chi connectivity index (χ2n) is 4.55. The van der Waals surface area contributed by atoms with Gasteiger partial charge in [0.25, 0.3) is 0 Å². The molecule has 6 heteroatoms. The fraction of sp³-hybridized carbons (Fsp3) is 0.200. The van der Waals surface area contributed by atoms with Crippen LogP contribution in [0.4, 0.5) is 0 Å². The van der Waals surface area contributed by atoms with E-state index in [4.69, 9.17) is 32.7 Å². The molecule has 0 amide bonds. The second kappa shape index (κ2) is 6.37. The van der Waals surface area contributed by atoms with Gasteiger partial charge in [0.05, 0.1) is 5.38 Å². The van der Waals surface area contributed by atoms with Gasteiger partial charge in [0.1, 0.15) is 13.2 Å². The molecule has 0 fully saturated rings. The summed E-state index contributed by atoms with van der Waals surface area (Å²) in [6.07, 6.45) is 0. The Labute approximate surface area is 149 Å². The Morgan fingerprint density at radius 3 is 2.19 bits per heavy atom. The Morgan fingerprint density at radius 2 is 1.52 bits per heavy atom. The Balaban J connectivity index is 2.03. The molecule has 1 atom stereocenters. The first-order chi connectivity index (χ1) is 10.1. The van der Waals surface area contributed by atoms with Gasteiger partial charge < -0.3 is 9.47 Å². The van der Waals surface area contributed by atoms with Crippen LogP contribution in [-0.4, -0.2) is 13.2 Å². The van der Waals surface area contributed by atoms with Crippen molar-refractivity contribution >= 4 is 55.1 Å². The van der Waals surface area contributed by atoms with E-state index in [1.54, 1.807) is 0 Å². The molecule has 110 valence electrons. The van der Waals surface area contributed by atoms with E-state index >= 15 is 0 Å². The molecule has 0 saturated heterocycles. The molecule has 0 spiro atoms. The van der Waals surface area contributed by atoms with Gasteiger partial charge in [-0.3, -0.25) is 0 Å². The molecule has 21 heavy (non-hydrogen) atoms. The molecule has 3 rings (SSSR count). The number of benzene rings is 2. The summed E-state index contributed by atoms with van der Waals surface area (Å²) in [4.78, 5) is 0. The molecule has 2 nitrogen and oxygen atoms in total. The molecule has 1 heterocycles. The smallest absolute Gasteiger partial charge is 0.162 e. The second-order valence-corrected chi connectivity index (χ2v) is 7.13. The lowest BCUT2D eigenvalue weighted by atomic mass is 10.0. The minimum Gasteiger partial charge on any atom is -0.486 e. The van der Waals surface area contributed by atoms with Crippen molar-refractivity contribution in [1.82, 2.24) is 0 Å². The highest BCUT2D eigenvalue weighted by Crippen LogP contribution is 2.43. The van der Waals surface area contributed by atoms with Crippen molar-refractivity contribution in [3.8, 4) is 11.5 Å². The van der Waals surface area contributed by atoms with Gasteiger partial charge in [0, 0.05) is 14.0 Å². The summed E-state index contributed by atoms with van der Waals surface area (Å²) in [7, 11) is 0. The van der Waals surface area contributed by atoms with Crippen molar-refractivity contribution < 1.29 is 9.47 Å². The zero-order valence-electron chi connectivity index (χ0n) is 10.7. The zero-order valence-corrected chi connectivity index (χ0v) is 15.4. The number of hydrogen-bond acceptors (Lipinski definition) is 2. The average Bonchev–Trinajstić information content (AvgIpc) is 2.46. The first-order valence-electron chi connectivity index (χ1n) is 6.24. The summed E-state index contributed by atoms with van der Waals surface area (Å²) >= 11 is 19.7. The van der Waals surface area contributed by atoms with Crippen LogP contribution >= 0.6 is 55.1 Å². The van der Waals surface area contributed by atoms with Crippen molar-refractivity contribution in [2.24, 2.45) is 0 Å². The molecule has 1 unspecified atom stereocenters. The van der Waals surface area contributed by atoms with Gasteiger partial charge in [0.15, 0.2) is 11.5 Å². The van der Waals surface area contributed by atoms with Crippen LogP contribution in [0.5, 0.6) is 11.5 Å². The van der Waals surface area contributed by atoms with Crippen LogP contribution in [0.25, 0.3) is 0 Å². The van der Waals surface area contributed by atoms with Gasteiger partial charge in [-0.25, -0.2) is 0 Å². The maximum absolute atomic E-state index is 6.64. The predicted octanol–water partition coefficient (Wildman–Crippen LogP) is 5.96. The molecule has 0 radical (unpaired) electrons. The SMILES string of the molecule is Clc1ccc(C(Cl)c2cc3c(cc2Br)OCCO3)c(Br)c1. The molecule has 0 aliphatic carbocycles. The fourth-order valence-electron chi connectivity index (χ4n) is 2.15. The first kappa shape index (κ1) is 15.5. The van der Waals surface area contributed by atoms with Crippen LogP contribution in [0.2, 0.25) is 5.02 Å². The summed E-state index contributed by atoms with van der Waals surface area (Å²) in [6.45, 7) is 1.11. The predicted molar refractivity (Wildman–Crippen MR) is 92.0 cm³/mol. The summed E-state index contributed by atoms with van der Waals surface area (Å²) in [5, 5.41) is 0.331. The largest absolute Gasteiger partial charge is 0.486 e. The fourth-order valence-corrected chi connectivity index (χ4v) is 4.25. The Morgan fingerprint density at radius 1 is 0.905 bits per heavy atom. The maximum Gasteiger partial charge on any atom is 0.162 e. The first-order valence-corrected chi connectivity index (χ1v) is 8.64. The third-order valence-corrected chi connectivity index (χ3v) is 5.25. The van der Waals surface area contributed by atoms with E-state index in [0.717, 1.165) is 31.6 Å². The van der Waals surface area contributed by atoms with Gasteiger partial charge in [-0.05, 0) is 35.4 Å². The van der Waals surface area contributed by atoms with Crippen molar-refractivity contribution in [1.29, 1.82) is 0 Å².